The number of Topliss-reactive ketones (excluding diaryl/α,β-unsaturated/α-hetero) is 1. The van der Waals surface area contributed by atoms with Gasteiger partial charge in [0.25, 0.3) is 0 Å². The van der Waals surface area contributed by atoms with Gasteiger partial charge in [-0.05, 0) is 68.4 Å². The van der Waals surface area contributed by atoms with Crippen molar-refractivity contribution in [2.45, 2.75) is 19.4 Å². The number of likely N-dealkylation sites (tertiary alicyclic amines) is 1. The van der Waals surface area contributed by atoms with Crippen LogP contribution in [0.4, 0.5) is 0 Å². The third-order valence-corrected chi connectivity index (χ3v) is 5.50. The van der Waals surface area contributed by atoms with Crippen molar-refractivity contribution in [3.05, 3.63) is 64.5 Å². The number of benzene rings is 2. The molecule has 0 amide bonds. The molecule has 144 valence electrons. The number of carbonyl (C=O) groups is 1. The van der Waals surface area contributed by atoms with Crippen LogP contribution < -0.4 is 0 Å². The van der Waals surface area contributed by atoms with Crippen LogP contribution in [0.15, 0.2) is 57.4 Å². The molecule has 1 fully saturated rings. The van der Waals surface area contributed by atoms with Crippen LogP contribution in [0.3, 0.4) is 0 Å². The second kappa shape index (κ2) is 8.24. The van der Waals surface area contributed by atoms with Gasteiger partial charge in [0.2, 0.25) is 11.8 Å². The summed E-state index contributed by atoms with van der Waals surface area (Å²) in [5.41, 5.74) is 1.54. The predicted molar refractivity (Wildman–Crippen MR) is 108 cm³/mol. The van der Waals surface area contributed by atoms with Gasteiger partial charge in [0, 0.05) is 21.5 Å². The molecule has 0 aliphatic carbocycles. The molecule has 0 saturated carbocycles. The number of piperidine rings is 1. The highest BCUT2D eigenvalue weighted by Gasteiger charge is 2.26. The highest BCUT2D eigenvalue weighted by molar-refractivity contribution is 9.10. The Kier molecular flexibility index (Phi) is 5.54. The third-order valence-electron chi connectivity index (χ3n) is 5.01. The van der Waals surface area contributed by atoms with E-state index in [2.05, 4.69) is 31.0 Å². The number of rotatable bonds is 5. The van der Waals surface area contributed by atoms with Gasteiger partial charge < -0.3 is 9.52 Å². The fourth-order valence-corrected chi connectivity index (χ4v) is 3.86. The molecule has 3 aromatic rings. The van der Waals surface area contributed by atoms with E-state index in [0.29, 0.717) is 23.9 Å². The molecule has 2 aromatic carbocycles. The molecule has 4 rings (SSSR count). The monoisotopic (exact) mass is 441 g/mol. The van der Waals surface area contributed by atoms with E-state index in [-0.39, 0.29) is 17.5 Å². The zero-order valence-electron chi connectivity index (χ0n) is 15.2. The van der Waals surface area contributed by atoms with Crippen molar-refractivity contribution in [3.8, 4) is 17.2 Å². The number of halogens is 1. The summed E-state index contributed by atoms with van der Waals surface area (Å²) in [5, 5.41) is 17.7. The van der Waals surface area contributed by atoms with Crippen molar-refractivity contribution in [2.24, 2.45) is 5.92 Å². The molecule has 6 nitrogen and oxygen atoms in total. The van der Waals surface area contributed by atoms with Gasteiger partial charge in [-0.3, -0.25) is 9.69 Å². The lowest BCUT2D eigenvalue weighted by Gasteiger charge is -2.30. The second-order valence-corrected chi connectivity index (χ2v) is 7.89. The number of carbonyl (C=O) groups excluding carboxylic acids is 1. The molecule has 0 spiro atoms. The number of hydrogen-bond acceptors (Lipinski definition) is 6. The summed E-state index contributed by atoms with van der Waals surface area (Å²) in [6.07, 6.45) is 1.60. The Balaban J connectivity index is 1.33. The largest absolute Gasteiger partial charge is 0.508 e. The van der Waals surface area contributed by atoms with Gasteiger partial charge in [-0.2, -0.15) is 0 Å². The summed E-state index contributed by atoms with van der Waals surface area (Å²) in [5.74, 6) is 1.43. The van der Waals surface area contributed by atoms with E-state index in [1.165, 1.54) is 0 Å². The average Bonchev–Trinajstić information content (AvgIpc) is 3.17. The lowest BCUT2D eigenvalue weighted by molar-refractivity contribution is 0.0828. The molecule has 1 aliphatic heterocycles. The number of hydrogen-bond donors (Lipinski definition) is 1. The fraction of sp³-hybridized carbons (Fsp3) is 0.286. The Hall–Kier alpha value is -2.51. The lowest BCUT2D eigenvalue weighted by Crippen LogP contribution is -2.36. The molecular weight excluding hydrogens is 422 g/mol. The lowest BCUT2D eigenvalue weighted by atomic mass is 9.89. The summed E-state index contributed by atoms with van der Waals surface area (Å²) >= 11 is 3.45. The first-order valence-electron chi connectivity index (χ1n) is 9.22. The van der Waals surface area contributed by atoms with E-state index in [0.717, 1.165) is 36.0 Å². The highest BCUT2D eigenvalue weighted by Crippen LogP contribution is 2.25. The highest BCUT2D eigenvalue weighted by atomic mass is 79.9. The van der Waals surface area contributed by atoms with Crippen LogP contribution in [0, 0.1) is 5.92 Å². The average molecular weight is 442 g/mol. The SMILES string of the molecule is O=C(c1ccc(O)cc1)C1CCN(Cc2nnc(-c3cccc(Br)c3)o2)CC1. The minimum Gasteiger partial charge on any atom is -0.508 e. The van der Waals surface area contributed by atoms with Crippen molar-refractivity contribution in [3.63, 3.8) is 0 Å². The first-order valence-corrected chi connectivity index (χ1v) is 10.0. The Labute approximate surface area is 171 Å². The smallest absolute Gasteiger partial charge is 0.247 e. The summed E-state index contributed by atoms with van der Waals surface area (Å²) in [6, 6.07) is 14.2. The summed E-state index contributed by atoms with van der Waals surface area (Å²) < 4.78 is 6.77. The molecule has 0 unspecified atom stereocenters. The first kappa shape index (κ1) is 18.8. The van der Waals surface area contributed by atoms with Gasteiger partial charge in [-0.15, -0.1) is 10.2 Å². The van der Waals surface area contributed by atoms with Gasteiger partial charge in [-0.1, -0.05) is 22.0 Å². The molecule has 28 heavy (non-hydrogen) atoms. The van der Waals surface area contributed by atoms with Crippen molar-refractivity contribution in [2.75, 3.05) is 13.1 Å². The van der Waals surface area contributed by atoms with E-state index >= 15 is 0 Å². The molecule has 0 radical (unpaired) electrons. The molecule has 1 saturated heterocycles. The van der Waals surface area contributed by atoms with Crippen LogP contribution >= 0.6 is 15.9 Å². The molecule has 1 aliphatic rings. The Morgan fingerprint density at radius 2 is 1.89 bits per heavy atom. The number of aromatic hydroxyl groups is 1. The zero-order valence-corrected chi connectivity index (χ0v) is 16.8. The number of phenols is 1. The van der Waals surface area contributed by atoms with E-state index in [1.54, 1.807) is 24.3 Å². The van der Waals surface area contributed by atoms with Crippen molar-refractivity contribution >= 4 is 21.7 Å². The minimum absolute atomic E-state index is 0.0145. The van der Waals surface area contributed by atoms with Crippen LogP contribution in [0.25, 0.3) is 11.5 Å². The van der Waals surface area contributed by atoms with E-state index in [9.17, 15) is 9.90 Å². The minimum atomic E-state index is 0.0145. The van der Waals surface area contributed by atoms with Crippen LogP contribution in [-0.4, -0.2) is 39.1 Å². The van der Waals surface area contributed by atoms with E-state index in [1.807, 2.05) is 24.3 Å². The maximum absolute atomic E-state index is 12.6. The quantitative estimate of drug-likeness (QED) is 0.594. The first-order chi connectivity index (χ1) is 13.6. The van der Waals surface area contributed by atoms with Crippen molar-refractivity contribution in [1.29, 1.82) is 0 Å². The number of phenolic OH excluding ortho intramolecular Hbond substituents is 1. The molecule has 1 N–H and O–H groups in total. The van der Waals surface area contributed by atoms with Crippen LogP contribution in [0.2, 0.25) is 0 Å². The summed E-state index contributed by atoms with van der Waals surface area (Å²) in [6.45, 7) is 2.20. The normalized spacial score (nSPS) is 15.6. The van der Waals surface area contributed by atoms with Crippen molar-refractivity contribution in [1.82, 2.24) is 15.1 Å². The third kappa shape index (κ3) is 4.31. The van der Waals surface area contributed by atoms with E-state index in [4.69, 9.17) is 4.42 Å². The number of nitrogens with zero attached hydrogens (tertiary/aromatic N) is 3. The molecule has 2 heterocycles. The van der Waals surface area contributed by atoms with Gasteiger partial charge in [-0.25, -0.2) is 0 Å². The standard InChI is InChI=1S/C21H20BrN3O3/c22-17-3-1-2-16(12-17)21-24-23-19(28-21)13-25-10-8-15(9-11-25)20(27)14-4-6-18(26)7-5-14/h1-7,12,15,26H,8-11,13H2. The fourth-order valence-electron chi connectivity index (χ4n) is 3.46. The summed E-state index contributed by atoms with van der Waals surface area (Å²) in [7, 11) is 0. The maximum atomic E-state index is 12.6. The van der Waals surface area contributed by atoms with Gasteiger partial charge in [0.1, 0.15) is 5.75 Å². The topological polar surface area (TPSA) is 79.5 Å². The van der Waals surface area contributed by atoms with Gasteiger partial charge in [0.15, 0.2) is 5.78 Å². The van der Waals surface area contributed by atoms with Crippen LogP contribution in [-0.2, 0) is 6.54 Å². The van der Waals surface area contributed by atoms with Gasteiger partial charge >= 0.3 is 0 Å². The second-order valence-electron chi connectivity index (χ2n) is 6.97. The molecule has 0 atom stereocenters. The Morgan fingerprint density at radius 1 is 1.14 bits per heavy atom. The van der Waals surface area contributed by atoms with Crippen molar-refractivity contribution < 1.29 is 14.3 Å². The maximum Gasteiger partial charge on any atom is 0.247 e. The molecular formula is C21H20BrN3O3. The number of aromatic nitrogens is 2. The molecule has 7 heteroatoms. The molecule has 1 aromatic heterocycles. The van der Waals surface area contributed by atoms with Gasteiger partial charge in [0.05, 0.1) is 6.54 Å². The zero-order chi connectivity index (χ0) is 19.5. The predicted octanol–water partition coefficient (Wildman–Crippen LogP) is 4.30. The molecule has 0 bridgehead atoms. The van der Waals surface area contributed by atoms with E-state index < -0.39 is 0 Å². The Bertz CT molecular complexity index is 963. The summed E-state index contributed by atoms with van der Waals surface area (Å²) in [4.78, 5) is 14.9. The van der Waals surface area contributed by atoms with Crippen LogP contribution in [0.5, 0.6) is 5.75 Å². The van der Waals surface area contributed by atoms with Crippen LogP contribution in [0.1, 0.15) is 29.1 Å². The Morgan fingerprint density at radius 3 is 2.61 bits per heavy atom. The number of ketones is 1.